The molecule has 1 N–H and O–H groups in total. The third kappa shape index (κ3) is 5.84. The predicted molar refractivity (Wildman–Crippen MR) is 74.3 cm³/mol. The summed E-state index contributed by atoms with van der Waals surface area (Å²) in [6, 6.07) is 2.35. The Balaban J connectivity index is 2.05. The van der Waals surface area contributed by atoms with Gasteiger partial charge in [-0.25, -0.2) is 0 Å². The molecule has 0 aromatic heterocycles. The summed E-state index contributed by atoms with van der Waals surface area (Å²) in [5.41, 5.74) is -0.386. The molecule has 0 aromatic rings. The van der Waals surface area contributed by atoms with Crippen LogP contribution in [0.4, 0.5) is 0 Å². The van der Waals surface area contributed by atoms with E-state index in [2.05, 4.69) is 11.4 Å². The van der Waals surface area contributed by atoms with Crippen molar-refractivity contribution in [3.05, 3.63) is 0 Å². The monoisotopic (exact) mass is 252 g/mol. The molecule has 0 aliphatic heterocycles. The van der Waals surface area contributed by atoms with E-state index in [4.69, 9.17) is 10.00 Å². The van der Waals surface area contributed by atoms with Gasteiger partial charge < -0.3 is 4.74 Å². The van der Waals surface area contributed by atoms with Gasteiger partial charge in [0, 0.05) is 13.2 Å². The molecule has 1 aliphatic carbocycles. The van der Waals surface area contributed by atoms with Gasteiger partial charge in [0.2, 0.25) is 0 Å². The van der Waals surface area contributed by atoms with Gasteiger partial charge in [-0.1, -0.05) is 26.2 Å². The van der Waals surface area contributed by atoms with E-state index in [0.717, 1.165) is 38.5 Å². The lowest BCUT2D eigenvalue weighted by atomic mass is 9.90. The first-order chi connectivity index (χ1) is 8.70. The summed E-state index contributed by atoms with van der Waals surface area (Å²) < 4.78 is 5.75. The minimum Gasteiger partial charge on any atom is -0.381 e. The normalized spacial score (nSPS) is 20.3. The zero-order valence-electron chi connectivity index (χ0n) is 12.0. The number of rotatable bonds is 8. The van der Waals surface area contributed by atoms with Gasteiger partial charge in [-0.2, -0.15) is 5.26 Å². The minimum absolute atomic E-state index is 0.386. The number of hydrogen-bond acceptors (Lipinski definition) is 3. The topological polar surface area (TPSA) is 45.0 Å². The van der Waals surface area contributed by atoms with E-state index >= 15 is 0 Å². The molecule has 0 aromatic carbocycles. The molecule has 18 heavy (non-hydrogen) atoms. The second kappa shape index (κ2) is 8.50. The summed E-state index contributed by atoms with van der Waals surface area (Å²) in [6.45, 7) is 6.56. The number of ether oxygens (including phenoxy) is 1. The maximum Gasteiger partial charge on any atom is 0.104 e. The Morgan fingerprint density at radius 2 is 2.06 bits per heavy atom. The van der Waals surface area contributed by atoms with Crippen LogP contribution in [0.25, 0.3) is 0 Å². The van der Waals surface area contributed by atoms with Crippen molar-refractivity contribution < 1.29 is 4.74 Å². The van der Waals surface area contributed by atoms with Crippen LogP contribution in [0.15, 0.2) is 0 Å². The van der Waals surface area contributed by atoms with Crippen LogP contribution in [-0.4, -0.2) is 25.3 Å². The van der Waals surface area contributed by atoms with Crippen LogP contribution in [0.1, 0.15) is 58.8 Å². The number of nitrogens with zero attached hydrogens (tertiary/aromatic N) is 1. The van der Waals surface area contributed by atoms with Gasteiger partial charge in [-0.15, -0.1) is 0 Å². The molecule has 0 heterocycles. The van der Waals surface area contributed by atoms with Gasteiger partial charge in [0.05, 0.1) is 6.07 Å². The van der Waals surface area contributed by atoms with Crippen LogP contribution < -0.4 is 5.32 Å². The second-order valence-corrected chi connectivity index (χ2v) is 5.66. The SMILES string of the molecule is CCNC(C)(C#N)CCCOCC1CCCCC1. The van der Waals surface area contributed by atoms with Crippen molar-refractivity contribution in [3.63, 3.8) is 0 Å². The van der Waals surface area contributed by atoms with E-state index in [9.17, 15) is 0 Å². The molecule has 1 aliphatic rings. The molecule has 104 valence electrons. The largest absolute Gasteiger partial charge is 0.381 e. The molecule has 0 saturated heterocycles. The van der Waals surface area contributed by atoms with Crippen LogP contribution in [0.3, 0.4) is 0 Å². The van der Waals surface area contributed by atoms with Gasteiger partial charge in [0.15, 0.2) is 0 Å². The number of nitriles is 1. The van der Waals surface area contributed by atoms with Crippen LogP contribution >= 0.6 is 0 Å². The molecule has 1 fully saturated rings. The Bertz CT molecular complexity index is 256. The van der Waals surface area contributed by atoms with E-state index in [0.29, 0.717) is 0 Å². The van der Waals surface area contributed by atoms with E-state index in [1.54, 1.807) is 0 Å². The maximum absolute atomic E-state index is 9.12. The average Bonchev–Trinajstić information content (AvgIpc) is 2.40. The highest BCUT2D eigenvalue weighted by atomic mass is 16.5. The van der Waals surface area contributed by atoms with Crippen LogP contribution in [0.2, 0.25) is 0 Å². The van der Waals surface area contributed by atoms with Gasteiger partial charge in [-0.3, -0.25) is 5.32 Å². The number of hydrogen-bond donors (Lipinski definition) is 1. The second-order valence-electron chi connectivity index (χ2n) is 5.66. The van der Waals surface area contributed by atoms with Crippen molar-refractivity contribution in [3.8, 4) is 6.07 Å². The third-order valence-corrected chi connectivity index (χ3v) is 3.86. The molecule has 0 radical (unpaired) electrons. The molecule has 0 amide bonds. The predicted octanol–water partition coefficient (Wildman–Crippen LogP) is 3.26. The fourth-order valence-corrected chi connectivity index (χ4v) is 2.71. The van der Waals surface area contributed by atoms with Gasteiger partial charge in [0.1, 0.15) is 5.54 Å². The third-order valence-electron chi connectivity index (χ3n) is 3.86. The number of nitrogens with one attached hydrogen (secondary N) is 1. The lowest BCUT2D eigenvalue weighted by Gasteiger charge is -2.23. The highest BCUT2D eigenvalue weighted by Gasteiger charge is 2.21. The summed E-state index contributed by atoms with van der Waals surface area (Å²) in [6.07, 6.45) is 8.66. The van der Waals surface area contributed by atoms with Crippen LogP contribution in [0.5, 0.6) is 0 Å². The van der Waals surface area contributed by atoms with Gasteiger partial charge in [-0.05, 0) is 45.1 Å². The van der Waals surface area contributed by atoms with E-state index in [1.807, 2.05) is 13.8 Å². The summed E-state index contributed by atoms with van der Waals surface area (Å²) in [5.74, 6) is 0.787. The van der Waals surface area contributed by atoms with E-state index < -0.39 is 0 Å². The molecule has 3 nitrogen and oxygen atoms in total. The van der Waals surface area contributed by atoms with Crippen molar-refractivity contribution in [2.75, 3.05) is 19.8 Å². The first kappa shape index (κ1) is 15.5. The summed E-state index contributed by atoms with van der Waals surface area (Å²) in [5, 5.41) is 12.4. The van der Waals surface area contributed by atoms with Gasteiger partial charge in [0.25, 0.3) is 0 Å². The highest BCUT2D eigenvalue weighted by molar-refractivity contribution is 5.03. The van der Waals surface area contributed by atoms with Crippen molar-refractivity contribution in [2.45, 2.75) is 64.3 Å². The zero-order chi connectivity index (χ0) is 13.3. The molecule has 1 atom stereocenters. The first-order valence-electron chi connectivity index (χ1n) is 7.44. The Labute approximate surface area is 112 Å². The molecule has 0 spiro atoms. The van der Waals surface area contributed by atoms with Crippen LogP contribution in [0, 0.1) is 17.2 Å². The van der Waals surface area contributed by atoms with Crippen LogP contribution in [-0.2, 0) is 4.74 Å². The van der Waals surface area contributed by atoms with E-state index in [-0.39, 0.29) is 5.54 Å². The summed E-state index contributed by atoms with van der Waals surface area (Å²) in [7, 11) is 0. The standard InChI is InChI=1S/C15H28N2O/c1-3-17-15(2,13-16)10-7-11-18-12-14-8-5-4-6-9-14/h14,17H,3-12H2,1-2H3. The van der Waals surface area contributed by atoms with Crippen molar-refractivity contribution in [2.24, 2.45) is 5.92 Å². The summed E-state index contributed by atoms with van der Waals surface area (Å²) in [4.78, 5) is 0. The molecule has 1 unspecified atom stereocenters. The Hall–Kier alpha value is -0.590. The lowest BCUT2D eigenvalue weighted by Crippen LogP contribution is -2.40. The quantitative estimate of drug-likeness (QED) is 0.674. The molecular weight excluding hydrogens is 224 g/mol. The molecule has 3 heteroatoms. The van der Waals surface area contributed by atoms with Crippen molar-refractivity contribution in [1.29, 1.82) is 5.26 Å². The minimum atomic E-state index is -0.386. The Morgan fingerprint density at radius 3 is 2.67 bits per heavy atom. The molecule has 1 rings (SSSR count). The molecule has 0 bridgehead atoms. The maximum atomic E-state index is 9.12. The van der Waals surface area contributed by atoms with Crippen molar-refractivity contribution in [1.82, 2.24) is 5.32 Å². The Morgan fingerprint density at radius 1 is 1.33 bits per heavy atom. The average molecular weight is 252 g/mol. The summed E-state index contributed by atoms with van der Waals surface area (Å²) >= 11 is 0. The van der Waals surface area contributed by atoms with Gasteiger partial charge >= 0.3 is 0 Å². The Kier molecular flexibility index (Phi) is 7.31. The lowest BCUT2D eigenvalue weighted by molar-refractivity contribution is 0.0803. The zero-order valence-corrected chi connectivity index (χ0v) is 12.0. The smallest absolute Gasteiger partial charge is 0.104 e. The van der Waals surface area contributed by atoms with E-state index in [1.165, 1.54) is 32.1 Å². The fraction of sp³-hybridized carbons (Fsp3) is 0.933. The fourth-order valence-electron chi connectivity index (χ4n) is 2.71. The molecule has 1 saturated carbocycles. The first-order valence-corrected chi connectivity index (χ1v) is 7.44. The highest BCUT2D eigenvalue weighted by Crippen LogP contribution is 2.23. The molecular formula is C15H28N2O. The van der Waals surface area contributed by atoms with Crippen molar-refractivity contribution >= 4 is 0 Å².